The Bertz CT molecular complexity index is 637. The highest BCUT2D eigenvalue weighted by Gasteiger charge is 2.07. The second-order valence-corrected chi connectivity index (χ2v) is 4.11. The van der Waals surface area contributed by atoms with Gasteiger partial charge in [-0.1, -0.05) is 0 Å². The predicted molar refractivity (Wildman–Crippen MR) is 73.1 cm³/mol. The van der Waals surface area contributed by atoms with Crippen LogP contribution < -0.4 is 10.6 Å². The van der Waals surface area contributed by atoms with Crippen molar-refractivity contribution < 1.29 is 14.7 Å². The molecule has 0 aliphatic heterocycles. The second kappa shape index (κ2) is 6.46. The van der Waals surface area contributed by atoms with Crippen LogP contribution in [-0.2, 0) is 6.54 Å². The minimum absolute atomic E-state index is 0.00437. The van der Waals surface area contributed by atoms with Crippen molar-refractivity contribution in [3.63, 3.8) is 0 Å². The summed E-state index contributed by atoms with van der Waals surface area (Å²) in [6, 6.07) is 3.21. The number of hydrogen-bond donors (Lipinski definition) is 3. The summed E-state index contributed by atoms with van der Waals surface area (Å²) in [5, 5.41) is 21.9. The molecule has 0 aliphatic rings. The van der Waals surface area contributed by atoms with E-state index >= 15 is 0 Å². The Morgan fingerprint density at radius 1 is 1.29 bits per heavy atom. The molecule has 3 N–H and O–H groups in total. The van der Waals surface area contributed by atoms with E-state index in [-0.39, 0.29) is 17.3 Å². The number of amides is 1. The van der Waals surface area contributed by atoms with Crippen molar-refractivity contribution in [3.8, 4) is 0 Å². The Morgan fingerprint density at radius 2 is 2.10 bits per heavy atom. The smallest absolute Gasteiger partial charge is 0.356 e. The fourth-order valence-electron chi connectivity index (χ4n) is 1.58. The van der Waals surface area contributed by atoms with Gasteiger partial charge in [0.2, 0.25) is 0 Å². The maximum absolute atomic E-state index is 11.3. The van der Waals surface area contributed by atoms with Crippen LogP contribution in [0.4, 0.5) is 5.82 Å². The van der Waals surface area contributed by atoms with Crippen molar-refractivity contribution in [1.29, 1.82) is 0 Å². The Balaban J connectivity index is 1.85. The van der Waals surface area contributed by atoms with Crippen LogP contribution in [-0.4, -0.2) is 50.3 Å². The van der Waals surface area contributed by atoms with Crippen LogP contribution in [0.15, 0.2) is 24.7 Å². The van der Waals surface area contributed by atoms with Gasteiger partial charge in [-0.2, -0.15) is 0 Å². The van der Waals surface area contributed by atoms with Gasteiger partial charge in [0.05, 0.1) is 6.33 Å². The van der Waals surface area contributed by atoms with Crippen LogP contribution >= 0.6 is 0 Å². The maximum Gasteiger partial charge on any atom is 0.356 e. The molecule has 110 valence electrons. The third kappa shape index (κ3) is 3.75. The predicted octanol–water partition coefficient (Wildman–Crippen LogP) is -0.157. The first-order chi connectivity index (χ1) is 10.1. The number of nitrogens with zero attached hydrogens (tertiary/aromatic N) is 4. The maximum atomic E-state index is 11.3. The molecule has 21 heavy (non-hydrogen) atoms. The van der Waals surface area contributed by atoms with Crippen LogP contribution in [0, 0.1) is 0 Å². The van der Waals surface area contributed by atoms with Gasteiger partial charge in [-0.05, 0) is 12.1 Å². The van der Waals surface area contributed by atoms with Crippen molar-refractivity contribution in [1.82, 2.24) is 25.1 Å². The summed E-state index contributed by atoms with van der Waals surface area (Å²) in [5.74, 6) is -0.827. The number of anilines is 1. The van der Waals surface area contributed by atoms with Gasteiger partial charge in [0.15, 0.2) is 11.4 Å². The average Bonchev–Trinajstić information content (AvgIpc) is 2.96. The van der Waals surface area contributed by atoms with Crippen molar-refractivity contribution in [2.75, 3.05) is 18.9 Å². The molecule has 0 unspecified atom stereocenters. The molecule has 0 saturated heterocycles. The van der Waals surface area contributed by atoms with Gasteiger partial charge in [0.25, 0.3) is 5.91 Å². The number of carboxylic acid groups (broad SMARTS) is 1. The minimum atomic E-state index is -1.06. The molecular formula is C12H14N6O3. The summed E-state index contributed by atoms with van der Waals surface area (Å²) in [7, 11) is 1.52. The fourth-order valence-corrected chi connectivity index (χ4v) is 1.58. The fraction of sp³-hybridized carbons (Fsp3) is 0.250. The average molecular weight is 290 g/mol. The van der Waals surface area contributed by atoms with Crippen molar-refractivity contribution >= 4 is 17.7 Å². The zero-order valence-electron chi connectivity index (χ0n) is 11.3. The first kappa shape index (κ1) is 14.4. The molecule has 0 atom stereocenters. The molecule has 0 spiro atoms. The van der Waals surface area contributed by atoms with E-state index in [2.05, 4.69) is 25.8 Å². The summed E-state index contributed by atoms with van der Waals surface area (Å²) in [4.78, 5) is 25.7. The minimum Gasteiger partial charge on any atom is -0.476 e. The van der Waals surface area contributed by atoms with Gasteiger partial charge in [-0.15, -0.1) is 10.2 Å². The molecule has 2 rings (SSSR count). The highest BCUT2D eigenvalue weighted by atomic mass is 16.4. The van der Waals surface area contributed by atoms with E-state index < -0.39 is 5.97 Å². The van der Waals surface area contributed by atoms with E-state index in [4.69, 9.17) is 5.11 Å². The van der Waals surface area contributed by atoms with Gasteiger partial charge >= 0.3 is 5.97 Å². The number of carbonyl (C=O) groups excluding carboxylic acids is 1. The first-order valence-electron chi connectivity index (χ1n) is 6.15. The molecule has 2 heterocycles. The Morgan fingerprint density at radius 3 is 2.67 bits per heavy atom. The van der Waals surface area contributed by atoms with Crippen LogP contribution in [0.2, 0.25) is 0 Å². The SMILES string of the molecule is CNC(=O)c1ccc(NCCn2cnc(C(=O)O)c2)nn1. The summed E-state index contributed by atoms with van der Waals surface area (Å²) < 4.78 is 1.66. The van der Waals surface area contributed by atoms with Crippen LogP contribution in [0.1, 0.15) is 21.0 Å². The standard InChI is InChI=1S/C12H14N6O3/c1-13-11(19)8-2-3-10(17-16-8)14-4-5-18-6-9(12(20)21)15-7-18/h2-3,6-7H,4-5H2,1H3,(H,13,19)(H,14,17)(H,20,21). The second-order valence-electron chi connectivity index (χ2n) is 4.11. The molecular weight excluding hydrogens is 276 g/mol. The Hall–Kier alpha value is -2.97. The van der Waals surface area contributed by atoms with E-state index in [0.717, 1.165) is 0 Å². The highest BCUT2D eigenvalue weighted by Crippen LogP contribution is 2.02. The first-order valence-corrected chi connectivity index (χ1v) is 6.15. The lowest BCUT2D eigenvalue weighted by atomic mass is 10.3. The molecule has 9 heteroatoms. The molecule has 2 aromatic heterocycles. The van der Waals surface area contributed by atoms with Crippen molar-refractivity contribution in [2.24, 2.45) is 0 Å². The number of aromatic nitrogens is 4. The number of carboxylic acids is 1. The molecule has 0 saturated carbocycles. The van der Waals surface area contributed by atoms with Gasteiger partial charge in [-0.3, -0.25) is 4.79 Å². The van der Waals surface area contributed by atoms with E-state index in [1.165, 1.54) is 19.6 Å². The molecule has 1 amide bonds. The third-order valence-electron chi connectivity index (χ3n) is 2.65. The normalized spacial score (nSPS) is 10.1. The topological polar surface area (TPSA) is 122 Å². The van der Waals surface area contributed by atoms with E-state index in [9.17, 15) is 9.59 Å². The molecule has 2 aromatic rings. The molecule has 9 nitrogen and oxygen atoms in total. The highest BCUT2D eigenvalue weighted by molar-refractivity contribution is 5.91. The lowest BCUT2D eigenvalue weighted by Gasteiger charge is -2.05. The zero-order valence-corrected chi connectivity index (χ0v) is 11.3. The molecule has 0 aromatic carbocycles. The summed E-state index contributed by atoms with van der Waals surface area (Å²) in [5.41, 5.74) is 0.244. The lowest BCUT2D eigenvalue weighted by molar-refractivity contribution is 0.0690. The van der Waals surface area contributed by atoms with Crippen LogP contribution in [0.5, 0.6) is 0 Å². The van der Waals surface area contributed by atoms with Crippen LogP contribution in [0.25, 0.3) is 0 Å². The number of nitrogens with one attached hydrogen (secondary N) is 2. The molecule has 0 aliphatic carbocycles. The van der Waals surface area contributed by atoms with E-state index in [1.807, 2.05) is 0 Å². The van der Waals surface area contributed by atoms with E-state index in [1.54, 1.807) is 16.7 Å². The van der Waals surface area contributed by atoms with Crippen molar-refractivity contribution in [2.45, 2.75) is 6.54 Å². The summed E-state index contributed by atoms with van der Waals surface area (Å²) in [6.07, 6.45) is 2.90. The largest absolute Gasteiger partial charge is 0.476 e. The number of imidazole rings is 1. The number of aromatic carboxylic acids is 1. The number of hydrogen-bond acceptors (Lipinski definition) is 6. The number of rotatable bonds is 6. The van der Waals surface area contributed by atoms with Crippen molar-refractivity contribution in [3.05, 3.63) is 36.0 Å². The van der Waals surface area contributed by atoms with Gasteiger partial charge in [0.1, 0.15) is 5.82 Å². The quantitative estimate of drug-likeness (QED) is 0.675. The van der Waals surface area contributed by atoms with Gasteiger partial charge in [-0.25, -0.2) is 9.78 Å². The summed E-state index contributed by atoms with van der Waals surface area (Å²) >= 11 is 0. The number of carbonyl (C=O) groups is 2. The third-order valence-corrected chi connectivity index (χ3v) is 2.65. The van der Waals surface area contributed by atoms with E-state index in [0.29, 0.717) is 18.9 Å². The van der Waals surface area contributed by atoms with Crippen LogP contribution in [0.3, 0.4) is 0 Å². The monoisotopic (exact) mass is 290 g/mol. The zero-order chi connectivity index (χ0) is 15.2. The Kier molecular flexibility index (Phi) is 4.44. The van der Waals surface area contributed by atoms with Gasteiger partial charge < -0.3 is 20.3 Å². The molecule has 0 fully saturated rings. The molecule has 0 radical (unpaired) electrons. The Labute approximate surface area is 120 Å². The lowest BCUT2D eigenvalue weighted by Crippen LogP contribution is -2.20. The summed E-state index contributed by atoms with van der Waals surface area (Å²) in [6.45, 7) is 1.04. The molecule has 0 bridgehead atoms. The van der Waals surface area contributed by atoms with Gasteiger partial charge in [0, 0.05) is 26.3 Å².